The van der Waals surface area contributed by atoms with E-state index in [2.05, 4.69) is 37.9 Å². The van der Waals surface area contributed by atoms with Crippen LogP contribution in [0.15, 0.2) is 63.6 Å². The van der Waals surface area contributed by atoms with Crippen molar-refractivity contribution in [1.29, 1.82) is 0 Å². The highest BCUT2D eigenvalue weighted by Gasteiger charge is 2.52. The summed E-state index contributed by atoms with van der Waals surface area (Å²) < 4.78 is 7.67. The van der Waals surface area contributed by atoms with Gasteiger partial charge in [0.2, 0.25) is 0 Å². The summed E-state index contributed by atoms with van der Waals surface area (Å²) in [7, 11) is 0. The van der Waals surface area contributed by atoms with Crippen LogP contribution in [-0.2, 0) is 10.2 Å². The SMILES string of the molecule is O=C1Oc2ccc3cc(Br)ccc3c2C12C=Cc1cc(Br)ccc12. The molecule has 0 radical (unpaired) electrons. The minimum absolute atomic E-state index is 0.231. The lowest BCUT2D eigenvalue weighted by molar-refractivity contribution is -0.135. The van der Waals surface area contributed by atoms with Crippen molar-refractivity contribution in [3.8, 4) is 5.75 Å². The highest BCUT2D eigenvalue weighted by Crippen LogP contribution is 2.52. The fraction of sp³-hybridized carbons (Fsp3) is 0.0500. The van der Waals surface area contributed by atoms with E-state index in [0.29, 0.717) is 5.75 Å². The standard InChI is InChI=1S/C20H10Br2O2/c21-13-2-4-15-11(9-13)1-6-17-18(15)20(19(23)24-17)8-7-12-10-14(22)3-5-16(12)20/h1-10H. The minimum Gasteiger partial charge on any atom is -0.425 e. The van der Waals surface area contributed by atoms with Crippen molar-refractivity contribution in [2.24, 2.45) is 0 Å². The van der Waals surface area contributed by atoms with E-state index in [1.54, 1.807) is 0 Å². The second-order valence-corrected chi connectivity index (χ2v) is 7.90. The van der Waals surface area contributed by atoms with Crippen LogP contribution in [0.2, 0.25) is 0 Å². The molecule has 3 aromatic carbocycles. The van der Waals surface area contributed by atoms with E-state index in [4.69, 9.17) is 4.74 Å². The third-order valence-corrected chi connectivity index (χ3v) is 5.80. The normalized spacial score (nSPS) is 20.5. The van der Waals surface area contributed by atoms with Crippen LogP contribution >= 0.6 is 31.9 Å². The number of halogens is 2. The second kappa shape index (κ2) is 4.80. The molecule has 116 valence electrons. The number of carbonyl (C=O) groups excluding carboxylic acids is 1. The molecule has 4 heteroatoms. The van der Waals surface area contributed by atoms with Crippen molar-refractivity contribution in [1.82, 2.24) is 0 Å². The molecule has 0 N–H and O–H groups in total. The summed E-state index contributed by atoms with van der Waals surface area (Å²) in [5.74, 6) is 0.417. The van der Waals surface area contributed by atoms with Gasteiger partial charge in [0.05, 0.1) is 0 Å². The fourth-order valence-corrected chi connectivity index (χ4v) is 4.54. The molecule has 0 saturated carbocycles. The van der Waals surface area contributed by atoms with Crippen molar-refractivity contribution in [3.63, 3.8) is 0 Å². The van der Waals surface area contributed by atoms with Crippen LogP contribution in [0.3, 0.4) is 0 Å². The van der Waals surface area contributed by atoms with Gasteiger partial charge < -0.3 is 4.74 Å². The van der Waals surface area contributed by atoms with Gasteiger partial charge in [-0.05, 0) is 52.2 Å². The van der Waals surface area contributed by atoms with Gasteiger partial charge in [-0.1, -0.05) is 62.2 Å². The number of benzene rings is 3. The quantitative estimate of drug-likeness (QED) is 0.335. The molecular formula is C20H10Br2O2. The zero-order valence-electron chi connectivity index (χ0n) is 12.3. The number of fused-ring (bicyclic) bond motifs is 6. The monoisotopic (exact) mass is 440 g/mol. The average molecular weight is 442 g/mol. The molecule has 1 aliphatic carbocycles. The molecule has 2 nitrogen and oxygen atoms in total. The maximum Gasteiger partial charge on any atom is 0.330 e. The maximum absolute atomic E-state index is 12.9. The Morgan fingerprint density at radius 1 is 0.917 bits per heavy atom. The Kier molecular flexibility index (Phi) is 2.89. The summed E-state index contributed by atoms with van der Waals surface area (Å²) in [6.45, 7) is 0. The van der Waals surface area contributed by atoms with E-state index in [9.17, 15) is 4.79 Å². The molecule has 5 rings (SSSR count). The van der Waals surface area contributed by atoms with Crippen LogP contribution in [-0.4, -0.2) is 5.97 Å². The Labute approximate surface area is 155 Å². The zero-order chi connectivity index (χ0) is 16.5. The number of rotatable bonds is 0. The van der Waals surface area contributed by atoms with Gasteiger partial charge in [-0.2, -0.15) is 0 Å². The second-order valence-electron chi connectivity index (χ2n) is 6.07. The maximum atomic E-state index is 12.9. The molecule has 1 heterocycles. The van der Waals surface area contributed by atoms with Crippen LogP contribution < -0.4 is 4.74 Å². The molecular weight excluding hydrogens is 432 g/mol. The first-order valence-electron chi connectivity index (χ1n) is 7.54. The molecule has 0 aromatic heterocycles. The Morgan fingerprint density at radius 2 is 1.71 bits per heavy atom. The van der Waals surface area contributed by atoms with Crippen LogP contribution in [0.5, 0.6) is 5.75 Å². The first kappa shape index (κ1) is 14.4. The molecule has 0 amide bonds. The molecule has 1 unspecified atom stereocenters. The van der Waals surface area contributed by atoms with E-state index in [-0.39, 0.29) is 5.97 Å². The van der Waals surface area contributed by atoms with Gasteiger partial charge in [0.25, 0.3) is 0 Å². The fourth-order valence-electron chi connectivity index (χ4n) is 3.79. The summed E-state index contributed by atoms with van der Waals surface area (Å²) >= 11 is 7.02. The number of esters is 1. The zero-order valence-corrected chi connectivity index (χ0v) is 15.5. The van der Waals surface area contributed by atoms with Crippen LogP contribution in [0.1, 0.15) is 16.7 Å². The largest absolute Gasteiger partial charge is 0.425 e. The molecule has 0 bridgehead atoms. The lowest BCUT2D eigenvalue weighted by Crippen LogP contribution is -2.31. The van der Waals surface area contributed by atoms with Crippen molar-refractivity contribution >= 4 is 54.7 Å². The predicted octanol–water partition coefficient (Wildman–Crippen LogP) is 5.60. The molecule has 1 spiro atoms. The minimum atomic E-state index is -0.849. The highest BCUT2D eigenvalue weighted by atomic mass is 79.9. The lowest BCUT2D eigenvalue weighted by Gasteiger charge is -2.21. The first-order chi connectivity index (χ1) is 11.6. The highest BCUT2D eigenvalue weighted by molar-refractivity contribution is 9.10. The first-order valence-corrected chi connectivity index (χ1v) is 9.12. The van der Waals surface area contributed by atoms with Crippen molar-refractivity contribution in [2.75, 3.05) is 0 Å². The van der Waals surface area contributed by atoms with Gasteiger partial charge in [0, 0.05) is 14.5 Å². The van der Waals surface area contributed by atoms with E-state index in [1.165, 1.54) is 0 Å². The van der Waals surface area contributed by atoms with Gasteiger partial charge in [-0.25, -0.2) is 4.79 Å². The van der Waals surface area contributed by atoms with E-state index >= 15 is 0 Å². The Balaban J connectivity index is 1.90. The summed E-state index contributed by atoms with van der Waals surface area (Å²) in [5.41, 5.74) is 2.11. The van der Waals surface area contributed by atoms with E-state index in [0.717, 1.165) is 36.4 Å². The van der Waals surface area contributed by atoms with Gasteiger partial charge in [-0.15, -0.1) is 0 Å². The number of ether oxygens (including phenoxy) is 1. The topological polar surface area (TPSA) is 26.3 Å². The van der Waals surface area contributed by atoms with Gasteiger partial charge >= 0.3 is 5.97 Å². The van der Waals surface area contributed by atoms with Gasteiger partial charge in [0.1, 0.15) is 11.2 Å². The van der Waals surface area contributed by atoms with E-state index in [1.807, 2.05) is 54.6 Å². The molecule has 1 aliphatic heterocycles. The van der Waals surface area contributed by atoms with Crippen molar-refractivity contribution in [2.45, 2.75) is 5.41 Å². The van der Waals surface area contributed by atoms with Crippen LogP contribution in [0.4, 0.5) is 0 Å². The molecule has 24 heavy (non-hydrogen) atoms. The summed E-state index contributed by atoms with van der Waals surface area (Å²) in [6.07, 6.45) is 3.98. The Hall–Kier alpha value is -1.91. The summed E-state index contributed by atoms with van der Waals surface area (Å²) in [5, 5.41) is 2.13. The Bertz CT molecular complexity index is 1080. The molecule has 0 saturated heterocycles. The van der Waals surface area contributed by atoms with Gasteiger partial charge in [0.15, 0.2) is 0 Å². The van der Waals surface area contributed by atoms with E-state index < -0.39 is 5.41 Å². The lowest BCUT2D eigenvalue weighted by atomic mass is 9.75. The van der Waals surface area contributed by atoms with Crippen molar-refractivity contribution < 1.29 is 9.53 Å². The van der Waals surface area contributed by atoms with Crippen LogP contribution in [0, 0.1) is 0 Å². The number of carbonyl (C=O) groups is 1. The average Bonchev–Trinajstić information content (AvgIpc) is 3.07. The molecule has 0 fully saturated rings. The van der Waals surface area contributed by atoms with Gasteiger partial charge in [-0.3, -0.25) is 0 Å². The molecule has 3 aromatic rings. The Morgan fingerprint density at radius 3 is 2.58 bits per heavy atom. The third-order valence-electron chi connectivity index (χ3n) is 4.81. The molecule has 1 atom stereocenters. The summed E-state index contributed by atoms with van der Waals surface area (Å²) in [6, 6.07) is 16.0. The van der Waals surface area contributed by atoms with Crippen molar-refractivity contribution in [3.05, 3.63) is 80.2 Å². The third kappa shape index (κ3) is 1.73. The predicted molar refractivity (Wildman–Crippen MR) is 101 cm³/mol. The summed E-state index contributed by atoms with van der Waals surface area (Å²) in [4.78, 5) is 12.9. The smallest absolute Gasteiger partial charge is 0.330 e. The number of hydrogen-bond acceptors (Lipinski definition) is 2. The number of hydrogen-bond donors (Lipinski definition) is 0. The molecule has 2 aliphatic rings. The van der Waals surface area contributed by atoms with Crippen LogP contribution in [0.25, 0.3) is 16.8 Å².